The smallest absolute Gasteiger partial charge is 0.251 e. The molecule has 1 amide bonds. The van der Waals surface area contributed by atoms with Gasteiger partial charge in [-0.2, -0.15) is 0 Å². The Morgan fingerprint density at radius 1 is 1.32 bits per heavy atom. The van der Waals surface area contributed by atoms with Crippen LogP contribution in [0, 0.1) is 0 Å². The van der Waals surface area contributed by atoms with Crippen molar-refractivity contribution in [3.8, 4) is 11.5 Å². The molecule has 7 heteroatoms. The van der Waals surface area contributed by atoms with Crippen LogP contribution in [0.2, 0.25) is 0 Å². The van der Waals surface area contributed by atoms with E-state index in [9.17, 15) is 4.79 Å². The number of benzene rings is 1. The molecule has 0 saturated carbocycles. The van der Waals surface area contributed by atoms with Crippen molar-refractivity contribution in [1.29, 1.82) is 0 Å². The second-order valence-electron chi connectivity index (χ2n) is 5.13. The van der Waals surface area contributed by atoms with Crippen molar-refractivity contribution in [3.63, 3.8) is 0 Å². The SMILES string of the molecule is CCC(CC)(CN)NC(=O)c1cc(Br)c2c(c1)OCCO2.Cl. The van der Waals surface area contributed by atoms with Crippen LogP contribution in [0.4, 0.5) is 0 Å². The second-order valence-corrected chi connectivity index (χ2v) is 5.98. The number of amides is 1. The Kier molecular flexibility index (Phi) is 6.97. The van der Waals surface area contributed by atoms with E-state index in [0.29, 0.717) is 36.8 Å². The fraction of sp³-hybridized carbons (Fsp3) is 0.533. The standard InChI is InChI=1S/C15H21BrN2O3.ClH/c1-3-15(4-2,9-17)18-14(19)10-7-11(16)13-12(8-10)20-5-6-21-13;/h7-8H,3-6,9,17H2,1-2H3,(H,18,19);1H. The van der Waals surface area contributed by atoms with Crippen LogP contribution < -0.4 is 20.5 Å². The van der Waals surface area contributed by atoms with E-state index in [1.54, 1.807) is 12.1 Å². The van der Waals surface area contributed by atoms with Crippen LogP contribution >= 0.6 is 28.3 Å². The third-order valence-electron chi connectivity index (χ3n) is 3.98. The van der Waals surface area contributed by atoms with Crippen molar-refractivity contribution in [2.24, 2.45) is 5.73 Å². The summed E-state index contributed by atoms with van der Waals surface area (Å²) in [6.07, 6.45) is 1.58. The number of rotatable bonds is 5. The van der Waals surface area contributed by atoms with Gasteiger partial charge in [-0.05, 0) is 40.9 Å². The fourth-order valence-electron chi connectivity index (χ4n) is 2.32. The van der Waals surface area contributed by atoms with Crippen molar-refractivity contribution >= 4 is 34.2 Å². The molecule has 1 aliphatic heterocycles. The lowest BCUT2D eigenvalue weighted by molar-refractivity contribution is 0.0894. The van der Waals surface area contributed by atoms with Crippen LogP contribution in [-0.4, -0.2) is 31.2 Å². The zero-order chi connectivity index (χ0) is 15.5. The Morgan fingerprint density at radius 2 is 1.95 bits per heavy atom. The largest absolute Gasteiger partial charge is 0.486 e. The molecule has 0 aromatic heterocycles. The lowest BCUT2D eigenvalue weighted by Gasteiger charge is -2.31. The first-order valence-corrected chi connectivity index (χ1v) is 7.96. The van der Waals surface area contributed by atoms with Crippen molar-refractivity contribution in [2.75, 3.05) is 19.8 Å². The normalized spacial score (nSPS) is 13.3. The van der Waals surface area contributed by atoms with E-state index in [2.05, 4.69) is 21.2 Å². The van der Waals surface area contributed by atoms with E-state index >= 15 is 0 Å². The Balaban J connectivity index is 0.00000242. The summed E-state index contributed by atoms with van der Waals surface area (Å²) in [6.45, 7) is 5.46. The molecule has 1 aliphatic rings. The third kappa shape index (κ3) is 3.86. The summed E-state index contributed by atoms with van der Waals surface area (Å²) in [6, 6.07) is 3.45. The van der Waals surface area contributed by atoms with E-state index < -0.39 is 0 Å². The lowest BCUT2D eigenvalue weighted by atomic mass is 9.92. The Hall–Kier alpha value is -0.980. The highest BCUT2D eigenvalue weighted by molar-refractivity contribution is 9.10. The van der Waals surface area contributed by atoms with Crippen molar-refractivity contribution in [1.82, 2.24) is 5.32 Å². The van der Waals surface area contributed by atoms with E-state index in [4.69, 9.17) is 15.2 Å². The number of carbonyl (C=O) groups is 1. The van der Waals surface area contributed by atoms with Crippen LogP contribution in [0.1, 0.15) is 37.0 Å². The highest BCUT2D eigenvalue weighted by atomic mass is 79.9. The van der Waals surface area contributed by atoms with Gasteiger partial charge in [0, 0.05) is 12.1 Å². The van der Waals surface area contributed by atoms with Crippen molar-refractivity contribution in [3.05, 3.63) is 22.2 Å². The van der Waals surface area contributed by atoms with Gasteiger partial charge in [0.2, 0.25) is 0 Å². The van der Waals surface area contributed by atoms with Crippen LogP contribution in [0.25, 0.3) is 0 Å². The van der Waals surface area contributed by atoms with Gasteiger partial charge in [0.1, 0.15) is 13.2 Å². The van der Waals surface area contributed by atoms with Crippen molar-refractivity contribution in [2.45, 2.75) is 32.2 Å². The molecule has 0 atom stereocenters. The Morgan fingerprint density at radius 3 is 2.55 bits per heavy atom. The molecule has 5 nitrogen and oxygen atoms in total. The monoisotopic (exact) mass is 392 g/mol. The molecular weight excluding hydrogens is 372 g/mol. The quantitative estimate of drug-likeness (QED) is 0.807. The second kappa shape index (κ2) is 8.04. The number of ether oxygens (including phenoxy) is 2. The summed E-state index contributed by atoms with van der Waals surface area (Å²) < 4.78 is 11.8. The first-order chi connectivity index (χ1) is 10.0. The summed E-state index contributed by atoms with van der Waals surface area (Å²) >= 11 is 3.42. The minimum Gasteiger partial charge on any atom is -0.486 e. The fourth-order valence-corrected chi connectivity index (χ4v) is 2.88. The molecule has 0 unspecified atom stereocenters. The number of carbonyl (C=O) groups excluding carboxylic acids is 1. The van der Waals surface area contributed by atoms with Gasteiger partial charge in [0.15, 0.2) is 11.5 Å². The zero-order valence-corrected chi connectivity index (χ0v) is 15.2. The molecule has 1 aromatic carbocycles. The molecule has 0 aliphatic carbocycles. The van der Waals surface area contributed by atoms with Gasteiger partial charge >= 0.3 is 0 Å². The number of nitrogens with one attached hydrogen (secondary N) is 1. The topological polar surface area (TPSA) is 73.6 Å². The highest BCUT2D eigenvalue weighted by Crippen LogP contribution is 2.38. The molecular formula is C15H22BrClN2O3. The molecule has 0 bridgehead atoms. The summed E-state index contributed by atoms with van der Waals surface area (Å²) in [7, 11) is 0. The minimum atomic E-state index is -0.364. The summed E-state index contributed by atoms with van der Waals surface area (Å²) in [5.41, 5.74) is 6.00. The van der Waals surface area contributed by atoms with E-state index in [1.165, 1.54) is 0 Å². The first-order valence-electron chi connectivity index (χ1n) is 7.17. The third-order valence-corrected chi connectivity index (χ3v) is 4.57. The Bertz CT molecular complexity index is 527. The van der Waals surface area contributed by atoms with Crippen LogP contribution in [-0.2, 0) is 0 Å². The molecule has 0 spiro atoms. The van der Waals surface area contributed by atoms with Gasteiger partial charge < -0.3 is 20.5 Å². The predicted octanol–water partition coefficient (Wildman–Crippen LogP) is 2.89. The average molecular weight is 394 g/mol. The van der Waals surface area contributed by atoms with Gasteiger partial charge in [0.25, 0.3) is 5.91 Å². The summed E-state index contributed by atoms with van der Waals surface area (Å²) in [5, 5.41) is 3.05. The highest BCUT2D eigenvalue weighted by Gasteiger charge is 2.28. The number of hydrogen-bond acceptors (Lipinski definition) is 4. The maximum atomic E-state index is 12.5. The first kappa shape index (κ1) is 19.1. The molecule has 0 fully saturated rings. The number of fused-ring (bicyclic) bond motifs is 1. The van der Waals surface area contributed by atoms with Gasteiger partial charge in [-0.25, -0.2) is 0 Å². The predicted molar refractivity (Wildman–Crippen MR) is 92.2 cm³/mol. The lowest BCUT2D eigenvalue weighted by Crippen LogP contribution is -2.52. The molecule has 22 heavy (non-hydrogen) atoms. The number of halogens is 2. The molecule has 1 aromatic rings. The van der Waals surface area contributed by atoms with Gasteiger partial charge in [0.05, 0.1) is 10.0 Å². The number of nitrogens with two attached hydrogens (primary N) is 1. The molecule has 124 valence electrons. The molecule has 0 saturated heterocycles. The van der Waals surface area contributed by atoms with Crippen LogP contribution in [0.3, 0.4) is 0 Å². The van der Waals surface area contributed by atoms with Crippen LogP contribution in [0.15, 0.2) is 16.6 Å². The van der Waals surface area contributed by atoms with E-state index in [1.807, 2.05) is 13.8 Å². The van der Waals surface area contributed by atoms with Crippen LogP contribution in [0.5, 0.6) is 11.5 Å². The molecule has 3 N–H and O–H groups in total. The maximum absolute atomic E-state index is 12.5. The van der Waals surface area contributed by atoms with Gasteiger partial charge in [-0.1, -0.05) is 13.8 Å². The van der Waals surface area contributed by atoms with E-state index in [-0.39, 0.29) is 23.9 Å². The average Bonchev–Trinajstić information content (AvgIpc) is 2.52. The van der Waals surface area contributed by atoms with E-state index in [0.717, 1.165) is 17.3 Å². The van der Waals surface area contributed by atoms with Crippen molar-refractivity contribution < 1.29 is 14.3 Å². The molecule has 2 rings (SSSR count). The molecule has 0 radical (unpaired) electrons. The Labute approximate surface area is 145 Å². The van der Waals surface area contributed by atoms with Gasteiger partial charge in [-0.3, -0.25) is 4.79 Å². The maximum Gasteiger partial charge on any atom is 0.251 e. The van der Waals surface area contributed by atoms with Gasteiger partial charge in [-0.15, -0.1) is 12.4 Å². The minimum absolute atomic E-state index is 0. The number of hydrogen-bond donors (Lipinski definition) is 2. The molecule has 1 heterocycles. The zero-order valence-electron chi connectivity index (χ0n) is 12.8. The summed E-state index contributed by atoms with van der Waals surface area (Å²) in [5.74, 6) is 1.09. The summed E-state index contributed by atoms with van der Waals surface area (Å²) in [4.78, 5) is 12.5.